The van der Waals surface area contributed by atoms with E-state index in [1.54, 1.807) is 23.9 Å². The number of benzene rings is 2. The van der Waals surface area contributed by atoms with Gasteiger partial charge < -0.3 is 14.5 Å². The van der Waals surface area contributed by atoms with Crippen LogP contribution in [0.3, 0.4) is 0 Å². The van der Waals surface area contributed by atoms with Gasteiger partial charge in [0.05, 0.1) is 28.1 Å². The summed E-state index contributed by atoms with van der Waals surface area (Å²) in [4.78, 5) is 56.4. The van der Waals surface area contributed by atoms with Crippen molar-refractivity contribution in [3.8, 4) is 6.07 Å². The maximum absolute atomic E-state index is 13.0. The highest BCUT2D eigenvalue weighted by atomic mass is 16.5. The van der Waals surface area contributed by atoms with Crippen LogP contribution in [0.15, 0.2) is 53.9 Å². The molecule has 0 bridgehead atoms. The zero-order valence-electron chi connectivity index (χ0n) is 20.7. The highest BCUT2D eigenvalue weighted by Crippen LogP contribution is 2.40. The number of ketones is 1. The van der Waals surface area contributed by atoms with Crippen LogP contribution in [0.4, 0.5) is 11.4 Å². The van der Waals surface area contributed by atoms with Crippen molar-refractivity contribution in [3.63, 3.8) is 0 Å². The van der Waals surface area contributed by atoms with Crippen LogP contribution in [0.1, 0.15) is 63.2 Å². The van der Waals surface area contributed by atoms with Crippen LogP contribution < -0.4 is 9.80 Å². The van der Waals surface area contributed by atoms with E-state index in [4.69, 9.17) is 4.74 Å². The van der Waals surface area contributed by atoms with Crippen LogP contribution >= 0.6 is 0 Å². The van der Waals surface area contributed by atoms with Gasteiger partial charge in [-0.05, 0) is 43.2 Å². The van der Waals surface area contributed by atoms with E-state index in [2.05, 4.69) is 0 Å². The predicted octanol–water partition coefficient (Wildman–Crippen LogP) is 3.66. The Morgan fingerprint density at radius 1 is 0.946 bits per heavy atom. The van der Waals surface area contributed by atoms with Crippen LogP contribution in [0.5, 0.6) is 0 Å². The van der Waals surface area contributed by atoms with Crippen molar-refractivity contribution >= 4 is 34.9 Å². The summed E-state index contributed by atoms with van der Waals surface area (Å²) < 4.78 is 5.22. The number of esters is 1. The fraction of sp³-hybridized carbons (Fsp3) is 0.321. The molecule has 3 aliphatic rings. The molecule has 5 rings (SSSR count). The topological polar surface area (TPSA) is 111 Å². The van der Waals surface area contributed by atoms with Crippen molar-refractivity contribution < 1.29 is 23.9 Å². The second kappa shape index (κ2) is 9.54. The van der Waals surface area contributed by atoms with Crippen LogP contribution in [0.2, 0.25) is 0 Å². The average Bonchev–Trinajstić information content (AvgIpc) is 3.32. The molecule has 2 amide bonds. The van der Waals surface area contributed by atoms with Gasteiger partial charge in [0.2, 0.25) is 5.78 Å². The number of carbonyl (C=O) groups excluding carboxylic acids is 4. The molecule has 2 heterocycles. The molecule has 37 heavy (non-hydrogen) atoms. The normalized spacial score (nSPS) is 17.0. The minimum absolute atomic E-state index is 0.0619. The summed E-state index contributed by atoms with van der Waals surface area (Å²) in [6.07, 6.45) is 4.62. The average molecular weight is 499 g/mol. The van der Waals surface area contributed by atoms with Gasteiger partial charge in [-0.25, -0.2) is 4.79 Å². The first kappa shape index (κ1) is 24.3. The molecule has 0 spiro atoms. The number of imide groups is 1. The Labute approximate surface area is 214 Å². The molecular formula is C28H26N4O5. The highest BCUT2D eigenvalue weighted by molar-refractivity contribution is 6.22. The van der Waals surface area contributed by atoms with Gasteiger partial charge in [0.15, 0.2) is 6.61 Å². The van der Waals surface area contributed by atoms with Crippen LogP contribution in [-0.2, 0) is 9.53 Å². The van der Waals surface area contributed by atoms with E-state index in [0.717, 1.165) is 43.5 Å². The Balaban J connectivity index is 1.31. The van der Waals surface area contributed by atoms with Crippen molar-refractivity contribution in [1.82, 2.24) is 4.90 Å². The molecular weight excluding hydrogens is 472 g/mol. The molecule has 188 valence electrons. The van der Waals surface area contributed by atoms with Crippen LogP contribution in [0.25, 0.3) is 0 Å². The van der Waals surface area contributed by atoms with Crippen LogP contribution in [-0.4, -0.2) is 55.2 Å². The molecule has 1 aliphatic carbocycles. The van der Waals surface area contributed by atoms with E-state index in [1.807, 2.05) is 30.3 Å². The van der Waals surface area contributed by atoms with Crippen molar-refractivity contribution in [2.45, 2.75) is 38.1 Å². The number of nitrogens with zero attached hydrogens (tertiary/aromatic N) is 4. The van der Waals surface area contributed by atoms with Gasteiger partial charge in [-0.1, -0.05) is 31.4 Å². The maximum atomic E-state index is 13.0. The summed E-state index contributed by atoms with van der Waals surface area (Å²) in [6.45, 7) is -0.637. The third-order valence-electron chi connectivity index (χ3n) is 7.28. The van der Waals surface area contributed by atoms with E-state index in [0.29, 0.717) is 5.82 Å². The molecule has 2 aromatic rings. The standard InChI is InChI=1S/C28H26N4O5/c1-30-22-10-6-7-11-23(22)31(2)25(30)21(15-29)24(33)16-37-28(36)17-12-13-19-20(14-17)27(35)32(26(19)34)18-8-4-3-5-9-18/h6-7,10-14,18H,3-5,8-9,16H2,1-2H3. The smallest absolute Gasteiger partial charge is 0.338 e. The highest BCUT2D eigenvalue weighted by Gasteiger charge is 2.40. The summed E-state index contributed by atoms with van der Waals surface area (Å²) in [5.41, 5.74) is 2.06. The summed E-state index contributed by atoms with van der Waals surface area (Å²) in [7, 11) is 3.52. The number of amides is 2. The molecule has 0 aromatic heterocycles. The SMILES string of the molecule is CN1C(=C(C#N)C(=O)COC(=O)c2ccc3c(c2)C(=O)N(C2CCCCC2)C3=O)N(C)c2ccccc21. The van der Waals surface area contributed by atoms with Gasteiger partial charge >= 0.3 is 5.97 Å². The summed E-state index contributed by atoms with van der Waals surface area (Å²) >= 11 is 0. The third kappa shape index (κ3) is 4.04. The fourth-order valence-electron chi connectivity index (χ4n) is 5.40. The number of rotatable bonds is 5. The lowest BCUT2D eigenvalue weighted by atomic mass is 9.94. The second-order valence-electron chi connectivity index (χ2n) is 9.45. The van der Waals surface area contributed by atoms with Gasteiger partial charge in [-0.15, -0.1) is 0 Å². The van der Waals surface area contributed by atoms with Gasteiger partial charge in [-0.3, -0.25) is 19.3 Å². The molecule has 0 N–H and O–H groups in total. The molecule has 0 radical (unpaired) electrons. The zero-order valence-corrected chi connectivity index (χ0v) is 20.7. The third-order valence-corrected chi connectivity index (χ3v) is 7.28. The number of para-hydroxylation sites is 2. The molecule has 0 atom stereocenters. The number of nitriles is 1. The van der Waals surface area contributed by atoms with Gasteiger partial charge in [0, 0.05) is 20.1 Å². The van der Waals surface area contributed by atoms with Gasteiger partial charge in [0.1, 0.15) is 17.5 Å². The predicted molar refractivity (Wildman–Crippen MR) is 135 cm³/mol. The van der Waals surface area contributed by atoms with Crippen molar-refractivity contribution in [1.29, 1.82) is 5.26 Å². The van der Waals surface area contributed by atoms with Gasteiger partial charge in [-0.2, -0.15) is 5.26 Å². The van der Waals surface area contributed by atoms with Crippen molar-refractivity contribution in [3.05, 3.63) is 70.5 Å². The first-order valence-electron chi connectivity index (χ1n) is 12.3. The number of carbonyl (C=O) groups is 4. The van der Waals surface area contributed by atoms with E-state index in [9.17, 15) is 24.4 Å². The number of hydrogen-bond donors (Lipinski definition) is 0. The monoisotopic (exact) mass is 498 g/mol. The molecule has 1 fully saturated rings. The minimum Gasteiger partial charge on any atom is -0.454 e. The fourth-order valence-corrected chi connectivity index (χ4v) is 5.40. The quantitative estimate of drug-likeness (QED) is 0.266. The molecule has 9 heteroatoms. The Hall–Kier alpha value is -4.45. The molecule has 0 saturated heterocycles. The zero-order chi connectivity index (χ0) is 26.3. The number of fused-ring (bicyclic) bond motifs is 2. The lowest BCUT2D eigenvalue weighted by molar-refractivity contribution is -0.118. The number of Topliss-reactive ketones (excluding diaryl/α,β-unsaturated/α-hetero) is 1. The van der Waals surface area contributed by atoms with E-state index >= 15 is 0 Å². The number of anilines is 2. The van der Waals surface area contributed by atoms with E-state index in [1.165, 1.54) is 23.1 Å². The Kier molecular flexibility index (Phi) is 6.25. The molecule has 2 aliphatic heterocycles. The number of ether oxygens (including phenoxy) is 1. The lowest BCUT2D eigenvalue weighted by Gasteiger charge is -2.29. The first-order valence-corrected chi connectivity index (χ1v) is 12.3. The molecule has 1 saturated carbocycles. The molecule has 9 nitrogen and oxygen atoms in total. The Morgan fingerprint density at radius 2 is 1.57 bits per heavy atom. The largest absolute Gasteiger partial charge is 0.454 e. The molecule has 2 aromatic carbocycles. The van der Waals surface area contributed by atoms with Crippen molar-refractivity contribution in [2.75, 3.05) is 30.5 Å². The summed E-state index contributed by atoms with van der Waals surface area (Å²) in [5, 5.41) is 9.75. The summed E-state index contributed by atoms with van der Waals surface area (Å²) in [6, 6.07) is 13.6. The minimum atomic E-state index is -0.814. The maximum Gasteiger partial charge on any atom is 0.338 e. The van der Waals surface area contributed by atoms with Crippen LogP contribution in [0, 0.1) is 11.3 Å². The van der Waals surface area contributed by atoms with E-state index in [-0.39, 0.29) is 34.2 Å². The Morgan fingerprint density at radius 3 is 2.19 bits per heavy atom. The summed E-state index contributed by atoms with van der Waals surface area (Å²) in [5.74, 6) is -1.80. The van der Waals surface area contributed by atoms with Gasteiger partial charge in [0.25, 0.3) is 11.8 Å². The Bertz CT molecular complexity index is 1370. The second-order valence-corrected chi connectivity index (χ2v) is 9.45. The van der Waals surface area contributed by atoms with E-state index < -0.39 is 24.3 Å². The van der Waals surface area contributed by atoms with Crippen molar-refractivity contribution in [2.24, 2.45) is 0 Å². The first-order chi connectivity index (χ1) is 17.8. The molecule has 0 unspecified atom stereocenters. The number of hydrogen-bond acceptors (Lipinski definition) is 8. The lowest BCUT2D eigenvalue weighted by Crippen LogP contribution is -2.40.